The highest BCUT2D eigenvalue weighted by molar-refractivity contribution is 5.91. The largest absolute Gasteiger partial charge is 0.458 e. The molecule has 2 rings (SSSR count). The fraction of sp³-hybridized carbons (Fsp3) is 0.545. The molecule has 0 bridgehead atoms. The minimum atomic E-state index is -0.277. The van der Waals surface area contributed by atoms with Crippen LogP contribution in [-0.4, -0.2) is 24.1 Å². The molecule has 3 atom stereocenters. The van der Waals surface area contributed by atoms with Gasteiger partial charge in [0.1, 0.15) is 12.2 Å². The topological polar surface area (TPSA) is 52.6 Å². The number of ether oxygens (including phenoxy) is 2. The van der Waals surface area contributed by atoms with Crippen LogP contribution in [0.25, 0.3) is 0 Å². The number of hydrogen-bond acceptors (Lipinski definition) is 4. The third kappa shape index (κ3) is 5.45. The average molecular weight is 358 g/mol. The van der Waals surface area contributed by atoms with Gasteiger partial charge >= 0.3 is 11.9 Å². The van der Waals surface area contributed by atoms with E-state index < -0.39 is 0 Å². The zero-order valence-electron chi connectivity index (χ0n) is 16.3. The van der Waals surface area contributed by atoms with Crippen LogP contribution in [-0.2, 0) is 19.1 Å². The monoisotopic (exact) mass is 358 g/mol. The van der Waals surface area contributed by atoms with E-state index in [-0.39, 0.29) is 30.1 Å². The molecule has 26 heavy (non-hydrogen) atoms. The Morgan fingerprint density at radius 2 is 1.92 bits per heavy atom. The molecule has 4 heteroatoms. The van der Waals surface area contributed by atoms with Gasteiger partial charge in [-0.2, -0.15) is 0 Å². The lowest BCUT2D eigenvalue weighted by atomic mass is 9.88. The van der Waals surface area contributed by atoms with Crippen LogP contribution in [0, 0.1) is 5.92 Å². The Hall–Kier alpha value is -2.10. The second kappa shape index (κ2) is 9.02. The molecule has 1 aliphatic heterocycles. The molecule has 2 aliphatic rings. The number of allylic oxidation sites excluding steroid dienone is 3. The van der Waals surface area contributed by atoms with Gasteiger partial charge in [-0.1, -0.05) is 29.9 Å². The third-order valence-electron chi connectivity index (χ3n) is 5.15. The summed E-state index contributed by atoms with van der Waals surface area (Å²) >= 11 is 0. The summed E-state index contributed by atoms with van der Waals surface area (Å²) in [5.74, 6) is -0.502. The van der Waals surface area contributed by atoms with Crippen LogP contribution in [0.3, 0.4) is 0 Å². The molecule has 0 spiro atoms. The van der Waals surface area contributed by atoms with Gasteiger partial charge in [-0.3, -0.25) is 4.79 Å². The zero-order valence-corrected chi connectivity index (χ0v) is 16.3. The normalized spacial score (nSPS) is 34.2. The smallest absolute Gasteiger partial charge is 0.334 e. The predicted octanol–water partition coefficient (Wildman–Crippen LogP) is 4.82. The van der Waals surface area contributed by atoms with Crippen LogP contribution in [0.1, 0.15) is 59.8 Å². The fourth-order valence-corrected chi connectivity index (χ4v) is 3.46. The van der Waals surface area contributed by atoms with E-state index in [0.717, 1.165) is 31.3 Å². The Balaban J connectivity index is 2.25. The summed E-state index contributed by atoms with van der Waals surface area (Å²) in [6.45, 7) is 11.5. The molecule has 1 heterocycles. The standard InChI is InChI=1S/C22H30O4/c1-14-9-11-19-17(4)22(24)26-21(19)13-15(2)7-6-8-16(3)20(12-10-14)25-18(5)23/h8,10,13,19-21H,4,6-7,9,11-12H2,1-3,5H3/b14-10+,15-13+,16-8+/t19-,20-,21+/m1/s1. The Bertz CT molecular complexity index is 666. The van der Waals surface area contributed by atoms with E-state index in [1.165, 1.54) is 18.1 Å². The predicted molar refractivity (Wildman–Crippen MR) is 102 cm³/mol. The molecule has 0 radical (unpaired) electrons. The lowest BCUT2D eigenvalue weighted by Crippen LogP contribution is -2.17. The lowest BCUT2D eigenvalue weighted by Gasteiger charge is -2.19. The van der Waals surface area contributed by atoms with Crippen molar-refractivity contribution in [1.29, 1.82) is 0 Å². The quantitative estimate of drug-likeness (QED) is 0.383. The van der Waals surface area contributed by atoms with E-state index in [1.807, 2.05) is 6.92 Å². The van der Waals surface area contributed by atoms with E-state index in [4.69, 9.17) is 9.47 Å². The van der Waals surface area contributed by atoms with Gasteiger partial charge in [0.05, 0.1) is 0 Å². The molecule has 1 aliphatic carbocycles. The maximum Gasteiger partial charge on any atom is 0.334 e. The van der Waals surface area contributed by atoms with Gasteiger partial charge in [0.15, 0.2) is 0 Å². The van der Waals surface area contributed by atoms with E-state index >= 15 is 0 Å². The van der Waals surface area contributed by atoms with Crippen molar-refractivity contribution in [2.24, 2.45) is 5.92 Å². The molecule has 142 valence electrons. The van der Waals surface area contributed by atoms with Crippen LogP contribution in [0.5, 0.6) is 0 Å². The summed E-state index contributed by atoms with van der Waals surface area (Å²) in [7, 11) is 0. The van der Waals surface area contributed by atoms with Crippen molar-refractivity contribution in [3.63, 3.8) is 0 Å². The summed E-state index contributed by atoms with van der Waals surface area (Å²) in [6, 6.07) is 0. The average Bonchev–Trinajstić information content (AvgIpc) is 2.82. The number of carbonyl (C=O) groups excluding carboxylic acids is 2. The van der Waals surface area contributed by atoms with Gasteiger partial charge in [0.2, 0.25) is 0 Å². The first kappa shape index (κ1) is 20.2. The van der Waals surface area contributed by atoms with Crippen LogP contribution in [0.15, 0.2) is 47.1 Å². The molecule has 1 fully saturated rings. The zero-order chi connectivity index (χ0) is 19.3. The number of esters is 2. The van der Waals surface area contributed by atoms with Crippen molar-refractivity contribution in [2.45, 2.75) is 72.0 Å². The van der Waals surface area contributed by atoms with Crippen LogP contribution >= 0.6 is 0 Å². The van der Waals surface area contributed by atoms with E-state index in [9.17, 15) is 9.59 Å². The molecule has 1 saturated heterocycles. The summed E-state index contributed by atoms with van der Waals surface area (Å²) in [4.78, 5) is 23.4. The van der Waals surface area contributed by atoms with Gasteiger partial charge in [0, 0.05) is 24.8 Å². The second-order valence-electron chi connectivity index (χ2n) is 7.42. The van der Waals surface area contributed by atoms with Crippen molar-refractivity contribution in [3.8, 4) is 0 Å². The Labute approximate surface area is 156 Å². The molecule has 0 amide bonds. The van der Waals surface area contributed by atoms with E-state index in [2.05, 4.69) is 38.7 Å². The third-order valence-corrected chi connectivity index (χ3v) is 5.15. The minimum absolute atomic E-state index is 0.0327. The van der Waals surface area contributed by atoms with E-state index in [0.29, 0.717) is 12.0 Å². The number of carbonyl (C=O) groups is 2. The lowest BCUT2D eigenvalue weighted by molar-refractivity contribution is -0.144. The summed E-state index contributed by atoms with van der Waals surface area (Å²) in [5, 5.41) is 0. The Kier molecular flexibility index (Phi) is 7.01. The molecule has 0 unspecified atom stereocenters. The summed E-state index contributed by atoms with van der Waals surface area (Å²) in [6.07, 6.45) is 10.0. The maximum absolute atomic E-state index is 11.9. The van der Waals surface area contributed by atoms with Gasteiger partial charge in [-0.05, 0) is 58.1 Å². The van der Waals surface area contributed by atoms with Crippen LogP contribution in [0.4, 0.5) is 0 Å². The summed E-state index contributed by atoms with van der Waals surface area (Å²) < 4.78 is 11.0. The van der Waals surface area contributed by atoms with Crippen molar-refractivity contribution in [1.82, 2.24) is 0 Å². The van der Waals surface area contributed by atoms with Crippen molar-refractivity contribution < 1.29 is 19.1 Å². The maximum atomic E-state index is 11.9. The SMILES string of the molecule is C=C1C(=O)O[C@H]2/C=C(\C)CC/C=C(\C)[C@H](OC(C)=O)C/C=C(\C)CC[C@H]12. The van der Waals surface area contributed by atoms with Crippen molar-refractivity contribution >= 4 is 11.9 Å². The number of hydrogen-bond donors (Lipinski definition) is 0. The van der Waals surface area contributed by atoms with Gasteiger partial charge in [0.25, 0.3) is 0 Å². The van der Waals surface area contributed by atoms with Gasteiger partial charge < -0.3 is 9.47 Å². The highest BCUT2D eigenvalue weighted by atomic mass is 16.6. The molecule has 4 nitrogen and oxygen atoms in total. The highest BCUT2D eigenvalue weighted by Gasteiger charge is 2.36. The molecule has 0 N–H and O–H groups in total. The minimum Gasteiger partial charge on any atom is -0.458 e. The first-order valence-corrected chi connectivity index (χ1v) is 9.34. The highest BCUT2D eigenvalue weighted by Crippen LogP contribution is 2.33. The van der Waals surface area contributed by atoms with Gasteiger partial charge in [-0.25, -0.2) is 4.79 Å². The molecular weight excluding hydrogens is 328 g/mol. The fourth-order valence-electron chi connectivity index (χ4n) is 3.46. The van der Waals surface area contributed by atoms with Gasteiger partial charge in [-0.15, -0.1) is 0 Å². The first-order valence-electron chi connectivity index (χ1n) is 9.34. The van der Waals surface area contributed by atoms with Crippen LogP contribution < -0.4 is 0 Å². The second-order valence-corrected chi connectivity index (χ2v) is 7.42. The molecular formula is C22H30O4. The Morgan fingerprint density at radius 1 is 1.19 bits per heavy atom. The number of fused-ring (bicyclic) bond motifs is 1. The molecule has 0 aromatic heterocycles. The summed E-state index contributed by atoms with van der Waals surface area (Å²) in [5.41, 5.74) is 4.07. The first-order chi connectivity index (χ1) is 12.3. The molecule has 0 aromatic rings. The van der Waals surface area contributed by atoms with E-state index in [1.54, 1.807) is 0 Å². The number of rotatable bonds is 1. The Morgan fingerprint density at radius 3 is 2.62 bits per heavy atom. The molecule has 0 saturated carbocycles. The van der Waals surface area contributed by atoms with Crippen LogP contribution in [0.2, 0.25) is 0 Å². The molecule has 0 aromatic carbocycles. The van der Waals surface area contributed by atoms with Crippen molar-refractivity contribution in [2.75, 3.05) is 0 Å². The van der Waals surface area contributed by atoms with Crippen molar-refractivity contribution in [3.05, 3.63) is 47.1 Å².